The van der Waals surface area contributed by atoms with Crippen LogP contribution in [0.25, 0.3) is 11.2 Å². The van der Waals surface area contributed by atoms with Crippen LogP contribution < -0.4 is 4.74 Å². The summed E-state index contributed by atoms with van der Waals surface area (Å²) in [5, 5.41) is 0. The summed E-state index contributed by atoms with van der Waals surface area (Å²) in [6, 6.07) is 0. The van der Waals surface area contributed by atoms with Gasteiger partial charge in [0, 0.05) is 5.92 Å². The molecule has 4 atom stereocenters. The smallest absolute Gasteiger partial charge is 0.356 e. The number of hydrogen-bond acceptors (Lipinski definition) is 9. The van der Waals surface area contributed by atoms with E-state index in [2.05, 4.69) is 15.0 Å². The maximum absolute atomic E-state index is 15.0. The van der Waals surface area contributed by atoms with Gasteiger partial charge in [-0.05, 0) is 13.8 Å². The Labute approximate surface area is 161 Å². The van der Waals surface area contributed by atoms with Crippen LogP contribution in [0.15, 0.2) is 12.7 Å². The third-order valence-corrected chi connectivity index (χ3v) is 6.09. The van der Waals surface area contributed by atoms with Gasteiger partial charge in [-0.15, -0.1) is 0 Å². The molecule has 0 unspecified atom stereocenters. The number of methoxy groups -OCH3 is 1. The monoisotopic (exact) mass is 418 g/mol. The van der Waals surface area contributed by atoms with Gasteiger partial charge in [-0.3, -0.25) is 9.13 Å². The first-order valence-corrected chi connectivity index (χ1v) is 10.7. The van der Waals surface area contributed by atoms with E-state index in [-0.39, 0.29) is 25.4 Å². The Morgan fingerprint density at radius 1 is 1.25 bits per heavy atom. The quantitative estimate of drug-likeness (QED) is 0.568. The predicted molar refractivity (Wildman–Crippen MR) is 96.7 cm³/mol. The Balaban J connectivity index is 1.77. The summed E-state index contributed by atoms with van der Waals surface area (Å²) >= 11 is 0. The van der Waals surface area contributed by atoms with E-state index in [1.165, 1.54) is 24.3 Å². The van der Waals surface area contributed by atoms with E-state index < -0.39 is 32.2 Å². The van der Waals surface area contributed by atoms with E-state index in [0.717, 1.165) is 0 Å². The molecule has 0 N–H and O–H groups in total. The fourth-order valence-electron chi connectivity index (χ4n) is 2.99. The van der Waals surface area contributed by atoms with Gasteiger partial charge >= 0.3 is 7.60 Å². The van der Waals surface area contributed by atoms with Crippen molar-refractivity contribution in [1.29, 1.82) is 0 Å². The fraction of sp³-hybridized carbons (Fsp3) is 0.688. The molecule has 0 aliphatic carbocycles. The van der Waals surface area contributed by atoms with Gasteiger partial charge in [0.2, 0.25) is 5.88 Å². The van der Waals surface area contributed by atoms with E-state index in [1.807, 2.05) is 0 Å². The van der Waals surface area contributed by atoms with Crippen LogP contribution in [0.4, 0.5) is 4.39 Å². The Kier molecular flexibility index (Phi) is 6.61. The molecule has 3 rings (SSSR count). The molecule has 10 nitrogen and oxygen atoms in total. The zero-order valence-electron chi connectivity index (χ0n) is 16.1. The molecule has 1 aliphatic heterocycles. The van der Waals surface area contributed by atoms with Crippen molar-refractivity contribution < 1.29 is 32.2 Å². The molecular weight excluding hydrogens is 394 g/mol. The first-order chi connectivity index (χ1) is 13.4. The first-order valence-electron chi connectivity index (χ1n) is 8.94. The second-order valence-electron chi connectivity index (χ2n) is 6.15. The third kappa shape index (κ3) is 4.04. The lowest BCUT2D eigenvalue weighted by molar-refractivity contribution is -0.154. The molecular formula is C16H24FN4O6P. The second kappa shape index (κ2) is 8.79. The largest absolute Gasteiger partial charge is 0.479 e. The number of ether oxygens (including phenoxy) is 3. The van der Waals surface area contributed by atoms with Gasteiger partial charge in [0.1, 0.15) is 6.33 Å². The minimum Gasteiger partial charge on any atom is -0.479 e. The second-order valence-corrected chi connectivity index (χ2v) is 8.14. The molecule has 0 amide bonds. The summed E-state index contributed by atoms with van der Waals surface area (Å²) in [6.07, 6.45) is -0.955. The topological polar surface area (TPSA) is 107 Å². The van der Waals surface area contributed by atoms with Crippen LogP contribution in [-0.4, -0.2) is 58.7 Å². The molecule has 2 aromatic heterocycles. The summed E-state index contributed by atoms with van der Waals surface area (Å²) in [6.45, 7) is 5.47. The highest BCUT2D eigenvalue weighted by atomic mass is 31.2. The first kappa shape index (κ1) is 21.1. The van der Waals surface area contributed by atoms with Gasteiger partial charge in [-0.1, -0.05) is 6.92 Å². The van der Waals surface area contributed by atoms with Gasteiger partial charge in [-0.25, -0.2) is 14.4 Å². The average molecular weight is 418 g/mol. The van der Waals surface area contributed by atoms with Crippen molar-refractivity contribution in [2.75, 3.05) is 26.7 Å². The van der Waals surface area contributed by atoms with E-state index in [4.69, 9.17) is 23.3 Å². The lowest BCUT2D eigenvalue weighted by Crippen LogP contribution is -2.22. The predicted octanol–water partition coefficient (Wildman–Crippen LogP) is 2.90. The Bertz CT molecular complexity index is 842. The molecule has 3 heterocycles. The van der Waals surface area contributed by atoms with Gasteiger partial charge in [0.05, 0.1) is 26.7 Å². The van der Waals surface area contributed by atoms with Gasteiger partial charge < -0.3 is 23.3 Å². The highest BCUT2D eigenvalue weighted by molar-refractivity contribution is 7.53. The van der Waals surface area contributed by atoms with E-state index in [0.29, 0.717) is 11.2 Å². The molecule has 0 spiro atoms. The third-order valence-electron chi connectivity index (χ3n) is 4.32. The minimum atomic E-state index is -3.43. The highest BCUT2D eigenvalue weighted by Gasteiger charge is 2.45. The standard InChI is InChI=1S/C16H24FN4O6P/c1-5-25-28(22,26-6-2)9-24-16-10(3)11(17)15(27-16)21-8-20-12-13(21)18-7-19-14(12)23-4/h7-8,10-11,15-16H,5-6,9H2,1-4H3/t10-,11-,15+,16-/m0/s1. The number of fused-ring (bicyclic) bond motifs is 1. The lowest BCUT2D eigenvalue weighted by Gasteiger charge is -2.21. The summed E-state index contributed by atoms with van der Waals surface area (Å²) in [7, 11) is -1.96. The molecule has 0 radical (unpaired) electrons. The Morgan fingerprint density at radius 3 is 2.61 bits per heavy atom. The summed E-state index contributed by atoms with van der Waals surface area (Å²) < 4.78 is 55.8. The van der Waals surface area contributed by atoms with Crippen molar-refractivity contribution >= 4 is 18.8 Å². The van der Waals surface area contributed by atoms with Gasteiger partial charge in [-0.2, -0.15) is 4.98 Å². The fourth-order valence-corrected chi connectivity index (χ4v) is 4.33. The van der Waals surface area contributed by atoms with Crippen LogP contribution in [0.3, 0.4) is 0 Å². The molecule has 1 aliphatic rings. The lowest BCUT2D eigenvalue weighted by atomic mass is 10.1. The number of imidazole rings is 1. The van der Waals surface area contributed by atoms with Crippen LogP contribution >= 0.6 is 7.60 Å². The molecule has 0 saturated carbocycles. The van der Waals surface area contributed by atoms with Gasteiger partial charge in [0.15, 0.2) is 36.2 Å². The van der Waals surface area contributed by atoms with Crippen molar-refractivity contribution in [1.82, 2.24) is 19.5 Å². The Morgan fingerprint density at radius 2 is 1.96 bits per heavy atom. The van der Waals surface area contributed by atoms with Crippen molar-refractivity contribution in [2.24, 2.45) is 5.92 Å². The van der Waals surface area contributed by atoms with Crippen LogP contribution in [0.1, 0.15) is 27.0 Å². The number of rotatable bonds is 9. The van der Waals surface area contributed by atoms with Crippen LogP contribution in [0.2, 0.25) is 0 Å². The van der Waals surface area contributed by atoms with E-state index in [9.17, 15) is 8.96 Å². The van der Waals surface area contributed by atoms with Crippen molar-refractivity contribution in [3.8, 4) is 5.88 Å². The van der Waals surface area contributed by atoms with Crippen molar-refractivity contribution in [3.63, 3.8) is 0 Å². The summed E-state index contributed by atoms with van der Waals surface area (Å²) in [5.41, 5.74) is 0.775. The molecule has 28 heavy (non-hydrogen) atoms. The number of hydrogen-bond donors (Lipinski definition) is 0. The SMILES string of the molecule is CCOP(=O)(CO[C@H]1O[C@@H](n2cnc3c(OC)ncnc32)[C@@H](F)[C@@H]1C)OCC. The van der Waals surface area contributed by atoms with Gasteiger partial charge in [0.25, 0.3) is 0 Å². The zero-order chi connectivity index (χ0) is 20.3. The van der Waals surface area contributed by atoms with Crippen molar-refractivity contribution in [2.45, 2.75) is 39.5 Å². The molecule has 1 fully saturated rings. The van der Waals surface area contributed by atoms with Crippen LogP contribution in [0.5, 0.6) is 5.88 Å². The maximum Gasteiger partial charge on any atom is 0.356 e. The molecule has 2 aromatic rings. The normalized spacial score (nSPS) is 25.5. The van der Waals surface area contributed by atoms with E-state index >= 15 is 0 Å². The summed E-state index contributed by atoms with van der Waals surface area (Å²) in [4.78, 5) is 12.3. The number of aromatic nitrogens is 4. The maximum atomic E-state index is 15.0. The number of nitrogens with zero attached hydrogens (tertiary/aromatic N) is 4. The van der Waals surface area contributed by atoms with Crippen molar-refractivity contribution in [3.05, 3.63) is 12.7 Å². The zero-order valence-corrected chi connectivity index (χ0v) is 17.0. The summed E-state index contributed by atoms with van der Waals surface area (Å²) in [5.74, 6) is -0.338. The average Bonchev–Trinajstić information content (AvgIpc) is 3.22. The van der Waals surface area contributed by atoms with Crippen LogP contribution in [0, 0.1) is 5.92 Å². The molecule has 156 valence electrons. The highest BCUT2D eigenvalue weighted by Crippen LogP contribution is 2.49. The molecule has 12 heteroatoms. The minimum absolute atomic E-state index is 0.207. The van der Waals surface area contributed by atoms with Crippen LogP contribution in [-0.2, 0) is 23.1 Å². The molecule has 0 aromatic carbocycles. The molecule has 0 bridgehead atoms. The molecule has 1 saturated heterocycles. The Hall–Kier alpha value is -1.65. The van der Waals surface area contributed by atoms with E-state index in [1.54, 1.807) is 20.8 Å². The number of halogens is 1. The number of alkyl halides is 1.